The first kappa shape index (κ1) is 35.7. The Balaban J connectivity index is 0.889. The number of rotatable bonds is 7. The lowest BCUT2D eigenvalue weighted by molar-refractivity contribution is 1.14. The van der Waals surface area contributed by atoms with Gasteiger partial charge in [0.15, 0.2) is 0 Å². The summed E-state index contributed by atoms with van der Waals surface area (Å²) >= 11 is 1.86. The van der Waals surface area contributed by atoms with Crippen LogP contribution in [0.25, 0.3) is 103 Å². The molecule has 0 aliphatic heterocycles. The van der Waals surface area contributed by atoms with Crippen molar-refractivity contribution in [3.05, 3.63) is 231 Å². The SMILES string of the molecule is c1ccc(-c2ccc(N(c3cccc(-c4ccc(-c5ccc6c(c5)c5c(n6-c6ccccc6)-c6cccc7cccc-5c67)cc4)c3)c3ccc4c(c3)sc3ccccc34)cc2)cc1. The van der Waals surface area contributed by atoms with Gasteiger partial charge in [-0.1, -0.05) is 164 Å². The molecule has 2 aromatic heterocycles. The highest BCUT2D eigenvalue weighted by molar-refractivity contribution is 7.25. The summed E-state index contributed by atoms with van der Waals surface area (Å²) in [7, 11) is 0. The number of fused-ring (bicyclic) bond motifs is 8. The predicted octanol–water partition coefficient (Wildman–Crippen LogP) is 17.3. The Morgan fingerprint density at radius 1 is 0.349 bits per heavy atom. The van der Waals surface area contributed by atoms with E-state index >= 15 is 0 Å². The van der Waals surface area contributed by atoms with Crippen LogP contribution < -0.4 is 4.90 Å². The number of anilines is 3. The summed E-state index contributed by atoms with van der Waals surface area (Å²) < 4.78 is 5.06. The van der Waals surface area contributed by atoms with Gasteiger partial charge in [-0.15, -0.1) is 11.3 Å². The quantitative estimate of drug-likeness (QED) is 0.156. The number of thiophene rings is 1. The first-order valence-electron chi connectivity index (χ1n) is 21.6. The molecule has 0 atom stereocenters. The molecule has 0 spiro atoms. The average molecular weight is 819 g/mol. The van der Waals surface area contributed by atoms with Crippen molar-refractivity contribution >= 4 is 70.2 Å². The van der Waals surface area contributed by atoms with Crippen LogP contribution in [0.5, 0.6) is 0 Å². The Kier molecular flexibility index (Phi) is 8.12. The fraction of sp³-hybridized carbons (Fsp3) is 0. The molecule has 12 aromatic rings. The molecule has 1 aliphatic rings. The zero-order valence-corrected chi connectivity index (χ0v) is 35.1. The largest absolute Gasteiger partial charge is 0.310 e. The molecule has 1 aliphatic carbocycles. The van der Waals surface area contributed by atoms with E-state index < -0.39 is 0 Å². The van der Waals surface area contributed by atoms with E-state index in [9.17, 15) is 0 Å². The third kappa shape index (κ3) is 5.78. The second-order valence-electron chi connectivity index (χ2n) is 16.5. The highest BCUT2D eigenvalue weighted by atomic mass is 32.1. The number of nitrogens with zero attached hydrogens (tertiary/aromatic N) is 2. The molecular weight excluding hydrogens is 781 g/mol. The van der Waals surface area contributed by atoms with Crippen molar-refractivity contribution in [2.45, 2.75) is 0 Å². The van der Waals surface area contributed by atoms with Crippen LogP contribution in [-0.2, 0) is 0 Å². The summed E-state index contributed by atoms with van der Waals surface area (Å²) in [6.07, 6.45) is 0. The summed E-state index contributed by atoms with van der Waals surface area (Å²) in [5.41, 5.74) is 18.2. The number of hydrogen-bond acceptors (Lipinski definition) is 2. The molecule has 0 fully saturated rings. The third-order valence-corrected chi connectivity index (χ3v) is 14.1. The molecule has 2 heterocycles. The van der Waals surface area contributed by atoms with Crippen LogP contribution in [0.2, 0.25) is 0 Å². The molecular formula is C60H38N2S. The molecule has 3 heteroatoms. The first-order valence-corrected chi connectivity index (χ1v) is 22.4. The van der Waals surface area contributed by atoms with Crippen molar-refractivity contribution in [1.82, 2.24) is 4.57 Å². The maximum absolute atomic E-state index is 2.46. The Hall–Kier alpha value is -7.98. The van der Waals surface area contributed by atoms with Crippen LogP contribution in [0.4, 0.5) is 17.1 Å². The molecule has 0 N–H and O–H groups in total. The average Bonchev–Trinajstić information content (AvgIpc) is 4.01. The van der Waals surface area contributed by atoms with Crippen LogP contribution in [0, 0.1) is 0 Å². The number of para-hydroxylation sites is 1. The van der Waals surface area contributed by atoms with Crippen molar-refractivity contribution in [3.63, 3.8) is 0 Å². The number of hydrogen-bond donors (Lipinski definition) is 0. The lowest BCUT2D eigenvalue weighted by Crippen LogP contribution is -2.09. The van der Waals surface area contributed by atoms with Gasteiger partial charge in [0.25, 0.3) is 0 Å². The molecule has 0 bridgehead atoms. The smallest absolute Gasteiger partial charge is 0.0626 e. The van der Waals surface area contributed by atoms with Gasteiger partial charge in [0, 0.05) is 59.4 Å². The van der Waals surface area contributed by atoms with Crippen LogP contribution in [0.1, 0.15) is 0 Å². The van der Waals surface area contributed by atoms with E-state index in [1.54, 1.807) is 0 Å². The fourth-order valence-electron chi connectivity index (χ4n) is 10.0. The van der Waals surface area contributed by atoms with Gasteiger partial charge in [-0.2, -0.15) is 0 Å². The van der Waals surface area contributed by atoms with Gasteiger partial charge in [-0.25, -0.2) is 0 Å². The normalized spacial score (nSPS) is 11.8. The van der Waals surface area contributed by atoms with Gasteiger partial charge in [-0.3, -0.25) is 0 Å². The molecule has 0 saturated carbocycles. The van der Waals surface area contributed by atoms with Crippen molar-refractivity contribution < 1.29 is 0 Å². The van der Waals surface area contributed by atoms with E-state index in [2.05, 4.69) is 240 Å². The van der Waals surface area contributed by atoms with Crippen molar-refractivity contribution in [1.29, 1.82) is 0 Å². The zero-order chi connectivity index (χ0) is 41.4. The van der Waals surface area contributed by atoms with E-state index in [-0.39, 0.29) is 0 Å². The molecule has 10 aromatic carbocycles. The van der Waals surface area contributed by atoms with E-state index in [0.29, 0.717) is 0 Å². The molecule has 294 valence electrons. The Morgan fingerprint density at radius 2 is 0.921 bits per heavy atom. The number of benzene rings is 10. The second kappa shape index (κ2) is 14.3. The minimum Gasteiger partial charge on any atom is -0.310 e. The lowest BCUT2D eigenvalue weighted by atomic mass is 9.97. The lowest BCUT2D eigenvalue weighted by Gasteiger charge is -2.26. The van der Waals surface area contributed by atoms with Gasteiger partial charge < -0.3 is 9.47 Å². The molecule has 0 radical (unpaired) electrons. The highest BCUT2D eigenvalue weighted by Crippen LogP contribution is 2.53. The van der Waals surface area contributed by atoms with E-state index in [1.165, 1.54) is 103 Å². The van der Waals surface area contributed by atoms with Crippen LogP contribution in [0.15, 0.2) is 231 Å². The topological polar surface area (TPSA) is 8.17 Å². The fourth-order valence-corrected chi connectivity index (χ4v) is 11.1. The zero-order valence-electron chi connectivity index (χ0n) is 34.2. The Morgan fingerprint density at radius 3 is 1.71 bits per heavy atom. The molecule has 0 saturated heterocycles. The third-order valence-electron chi connectivity index (χ3n) is 12.9. The molecule has 63 heavy (non-hydrogen) atoms. The summed E-state index contributed by atoms with van der Waals surface area (Å²) in [5, 5.41) is 6.51. The van der Waals surface area contributed by atoms with E-state index in [0.717, 1.165) is 17.1 Å². The van der Waals surface area contributed by atoms with Crippen LogP contribution >= 0.6 is 11.3 Å². The maximum Gasteiger partial charge on any atom is 0.0626 e. The summed E-state index contributed by atoms with van der Waals surface area (Å²) in [4.78, 5) is 2.39. The first-order chi connectivity index (χ1) is 31.2. The summed E-state index contributed by atoms with van der Waals surface area (Å²) in [6.45, 7) is 0. The monoisotopic (exact) mass is 818 g/mol. The van der Waals surface area contributed by atoms with Crippen LogP contribution in [0.3, 0.4) is 0 Å². The predicted molar refractivity (Wildman–Crippen MR) is 269 cm³/mol. The molecule has 0 amide bonds. The Bertz CT molecular complexity index is 3710. The molecule has 0 unspecified atom stereocenters. The summed E-state index contributed by atoms with van der Waals surface area (Å²) in [5.74, 6) is 0. The van der Waals surface area contributed by atoms with Gasteiger partial charge in [-0.05, 0) is 116 Å². The van der Waals surface area contributed by atoms with Gasteiger partial charge in [0.2, 0.25) is 0 Å². The van der Waals surface area contributed by atoms with Gasteiger partial charge >= 0.3 is 0 Å². The van der Waals surface area contributed by atoms with Crippen LogP contribution in [-0.4, -0.2) is 4.57 Å². The molecule has 13 rings (SSSR count). The van der Waals surface area contributed by atoms with E-state index in [4.69, 9.17) is 0 Å². The molecule has 2 nitrogen and oxygen atoms in total. The number of aromatic nitrogens is 1. The van der Waals surface area contributed by atoms with Crippen molar-refractivity contribution in [2.75, 3.05) is 4.90 Å². The van der Waals surface area contributed by atoms with Gasteiger partial charge in [0.1, 0.15) is 0 Å². The maximum atomic E-state index is 2.46. The van der Waals surface area contributed by atoms with Crippen molar-refractivity contribution in [3.8, 4) is 61.5 Å². The van der Waals surface area contributed by atoms with Crippen molar-refractivity contribution in [2.24, 2.45) is 0 Å². The minimum absolute atomic E-state index is 1.11. The highest BCUT2D eigenvalue weighted by Gasteiger charge is 2.29. The Labute approximate surface area is 369 Å². The minimum atomic E-state index is 1.11. The summed E-state index contributed by atoms with van der Waals surface area (Å²) in [6, 6.07) is 84.5. The standard InChI is InChI=1S/C60H38N2S/c1-3-12-39(13-4-1)40-28-31-47(32-29-40)61(49-33-34-51-50-20-7-8-23-56(50)63-57(51)38-49)48-19-9-16-44(36-48)41-24-26-42(27-25-41)45-30-35-55-54(37-45)59-52-21-10-14-43-15-11-22-53(58(43)52)60(59)62(55)46-17-5-2-6-18-46/h1-38H. The van der Waals surface area contributed by atoms with Gasteiger partial charge in [0.05, 0.1) is 11.2 Å². The van der Waals surface area contributed by atoms with E-state index in [1.807, 2.05) is 11.3 Å². The second-order valence-corrected chi connectivity index (χ2v) is 17.6.